The molecule has 0 heterocycles. The van der Waals surface area contributed by atoms with Gasteiger partial charge in [0.15, 0.2) is 0 Å². The average Bonchev–Trinajstić information content (AvgIpc) is 2.26. The normalized spacial score (nSPS) is 14.4. The minimum Gasteiger partial charge on any atom is -0.492 e. The molecule has 0 aliphatic rings. The maximum atomic E-state index is 5.92. The summed E-state index contributed by atoms with van der Waals surface area (Å²) >= 11 is 9.31. The van der Waals surface area contributed by atoms with Crippen LogP contribution in [0.25, 0.3) is 0 Å². The number of halogens is 2. The summed E-state index contributed by atoms with van der Waals surface area (Å²) in [5.74, 6) is 0.897. The van der Waals surface area contributed by atoms with E-state index in [4.69, 9.17) is 16.3 Å². The molecule has 0 radical (unpaired) electrons. The Morgan fingerprint density at radius 3 is 2.53 bits per heavy atom. The first-order chi connectivity index (χ1) is 8.08. The van der Waals surface area contributed by atoms with Crippen molar-refractivity contribution in [1.29, 1.82) is 0 Å². The maximum absolute atomic E-state index is 5.92. The quantitative estimate of drug-likeness (QED) is 0.609. The van der Waals surface area contributed by atoms with E-state index < -0.39 is 0 Å². The van der Waals surface area contributed by atoms with E-state index >= 15 is 0 Å². The standard InChI is InChI=1S/C13H19BrClNO/c1-10(15)9-11(2)16-7-8-17-13-5-3-12(14)4-6-13/h3-6,10-11,16H,7-9H2,1-2H3. The molecule has 0 aliphatic carbocycles. The van der Waals surface area contributed by atoms with Crippen molar-refractivity contribution < 1.29 is 4.74 Å². The van der Waals surface area contributed by atoms with Crippen LogP contribution < -0.4 is 10.1 Å². The Hall–Kier alpha value is -0.250. The van der Waals surface area contributed by atoms with Crippen LogP contribution in [0, 0.1) is 0 Å². The smallest absolute Gasteiger partial charge is 0.119 e. The second-order valence-electron chi connectivity index (χ2n) is 4.17. The average molecular weight is 321 g/mol. The van der Waals surface area contributed by atoms with Gasteiger partial charge >= 0.3 is 0 Å². The van der Waals surface area contributed by atoms with E-state index in [0.717, 1.165) is 23.2 Å². The van der Waals surface area contributed by atoms with Gasteiger partial charge in [-0.1, -0.05) is 15.9 Å². The molecule has 0 bridgehead atoms. The summed E-state index contributed by atoms with van der Waals surface area (Å²) in [6.45, 7) is 5.65. The highest BCUT2D eigenvalue weighted by Crippen LogP contribution is 2.15. The lowest BCUT2D eigenvalue weighted by molar-refractivity contribution is 0.305. The van der Waals surface area contributed by atoms with Gasteiger partial charge in [0.2, 0.25) is 0 Å². The molecule has 17 heavy (non-hydrogen) atoms. The van der Waals surface area contributed by atoms with Crippen molar-refractivity contribution in [2.45, 2.75) is 31.7 Å². The molecule has 1 N–H and O–H groups in total. The Labute approximate surface area is 117 Å². The number of nitrogens with one attached hydrogen (secondary N) is 1. The number of alkyl halides is 1. The third-order valence-electron chi connectivity index (χ3n) is 2.36. The SMILES string of the molecule is CC(Cl)CC(C)NCCOc1ccc(Br)cc1. The van der Waals surface area contributed by atoms with Gasteiger partial charge in [-0.05, 0) is 44.5 Å². The van der Waals surface area contributed by atoms with Crippen LogP contribution in [0.2, 0.25) is 0 Å². The summed E-state index contributed by atoms with van der Waals surface area (Å²) in [7, 11) is 0. The molecule has 2 unspecified atom stereocenters. The third kappa shape index (κ3) is 6.92. The first-order valence-electron chi connectivity index (χ1n) is 5.83. The van der Waals surface area contributed by atoms with Crippen LogP contribution in [-0.2, 0) is 0 Å². The second-order valence-corrected chi connectivity index (χ2v) is 5.83. The lowest BCUT2D eigenvalue weighted by Gasteiger charge is -2.15. The van der Waals surface area contributed by atoms with Gasteiger partial charge in [0.1, 0.15) is 12.4 Å². The summed E-state index contributed by atoms with van der Waals surface area (Å²) in [5.41, 5.74) is 0. The summed E-state index contributed by atoms with van der Waals surface area (Å²) in [6, 6.07) is 8.28. The highest BCUT2D eigenvalue weighted by Gasteiger charge is 2.04. The van der Waals surface area contributed by atoms with Crippen molar-refractivity contribution in [2.24, 2.45) is 0 Å². The van der Waals surface area contributed by atoms with Crippen molar-refractivity contribution in [2.75, 3.05) is 13.2 Å². The largest absolute Gasteiger partial charge is 0.492 e. The molecular weight excluding hydrogens is 302 g/mol. The van der Waals surface area contributed by atoms with Gasteiger partial charge in [0, 0.05) is 22.4 Å². The highest BCUT2D eigenvalue weighted by atomic mass is 79.9. The van der Waals surface area contributed by atoms with E-state index in [2.05, 4.69) is 28.2 Å². The van der Waals surface area contributed by atoms with Gasteiger partial charge in [-0.3, -0.25) is 0 Å². The van der Waals surface area contributed by atoms with Gasteiger partial charge in [-0.15, -0.1) is 11.6 Å². The molecule has 96 valence electrons. The van der Waals surface area contributed by atoms with Gasteiger partial charge in [0.25, 0.3) is 0 Å². The van der Waals surface area contributed by atoms with Gasteiger partial charge in [-0.2, -0.15) is 0 Å². The number of hydrogen-bond acceptors (Lipinski definition) is 2. The van der Waals surface area contributed by atoms with Crippen LogP contribution in [0.3, 0.4) is 0 Å². The minimum absolute atomic E-state index is 0.213. The first kappa shape index (κ1) is 14.8. The van der Waals surface area contributed by atoms with Gasteiger partial charge < -0.3 is 10.1 Å². The molecule has 0 saturated carbocycles. The van der Waals surface area contributed by atoms with Crippen molar-refractivity contribution in [3.8, 4) is 5.75 Å². The molecule has 2 atom stereocenters. The molecule has 1 aromatic rings. The molecule has 0 aromatic heterocycles. The molecule has 1 rings (SSSR count). The predicted molar refractivity (Wildman–Crippen MR) is 77.0 cm³/mol. The number of benzene rings is 1. The summed E-state index contributed by atoms with van der Waals surface area (Å²) in [5, 5.41) is 3.59. The number of hydrogen-bond donors (Lipinski definition) is 1. The van der Waals surface area contributed by atoms with Crippen LogP contribution in [-0.4, -0.2) is 24.6 Å². The summed E-state index contributed by atoms with van der Waals surface area (Å²) < 4.78 is 6.66. The zero-order valence-electron chi connectivity index (χ0n) is 10.2. The van der Waals surface area contributed by atoms with Crippen molar-refractivity contribution in [1.82, 2.24) is 5.32 Å². The predicted octanol–water partition coefficient (Wildman–Crippen LogP) is 3.82. The Balaban J connectivity index is 2.13. The lowest BCUT2D eigenvalue weighted by Crippen LogP contribution is -2.31. The fraction of sp³-hybridized carbons (Fsp3) is 0.538. The molecule has 1 aromatic carbocycles. The molecule has 0 fully saturated rings. The second kappa shape index (κ2) is 7.96. The number of ether oxygens (including phenoxy) is 1. The number of rotatable bonds is 7. The van der Waals surface area contributed by atoms with Crippen LogP contribution in [0.4, 0.5) is 0 Å². The van der Waals surface area contributed by atoms with E-state index in [1.54, 1.807) is 0 Å². The summed E-state index contributed by atoms with van der Waals surface area (Å²) in [6.07, 6.45) is 0.972. The lowest BCUT2D eigenvalue weighted by atomic mass is 10.2. The third-order valence-corrected chi connectivity index (χ3v) is 3.06. The Morgan fingerprint density at radius 2 is 1.94 bits per heavy atom. The van der Waals surface area contributed by atoms with Crippen molar-refractivity contribution in [3.63, 3.8) is 0 Å². The molecule has 0 amide bonds. The maximum Gasteiger partial charge on any atom is 0.119 e. The van der Waals surface area contributed by atoms with E-state index in [1.165, 1.54) is 0 Å². The molecule has 0 spiro atoms. The fourth-order valence-electron chi connectivity index (χ4n) is 1.58. The molecule has 4 heteroatoms. The zero-order chi connectivity index (χ0) is 12.7. The van der Waals surface area contributed by atoms with Crippen LogP contribution in [0.15, 0.2) is 28.7 Å². The molecule has 0 saturated heterocycles. The topological polar surface area (TPSA) is 21.3 Å². The monoisotopic (exact) mass is 319 g/mol. The van der Waals surface area contributed by atoms with E-state index in [1.807, 2.05) is 31.2 Å². The minimum atomic E-state index is 0.213. The Morgan fingerprint density at radius 1 is 1.29 bits per heavy atom. The molecule has 2 nitrogen and oxygen atoms in total. The summed E-state index contributed by atoms with van der Waals surface area (Å²) in [4.78, 5) is 0. The van der Waals surface area contributed by atoms with E-state index in [9.17, 15) is 0 Å². The Kier molecular flexibility index (Phi) is 6.93. The molecular formula is C13H19BrClNO. The fourth-order valence-corrected chi connectivity index (χ4v) is 2.11. The van der Waals surface area contributed by atoms with E-state index in [0.29, 0.717) is 12.6 Å². The van der Waals surface area contributed by atoms with Gasteiger partial charge in [0.05, 0.1) is 0 Å². The van der Waals surface area contributed by atoms with Crippen molar-refractivity contribution in [3.05, 3.63) is 28.7 Å². The van der Waals surface area contributed by atoms with Crippen molar-refractivity contribution >= 4 is 27.5 Å². The van der Waals surface area contributed by atoms with Crippen LogP contribution in [0.5, 0.6) is 5.75 Å². The highest BCUT2D eigenvalue weighted by molar-refractivity contribution is 9.10. The van der Waals surface area contributed by atoms with Crippen LogP contribution >= 0.6 is 27.5 Å². The molecule has 0 aliphatic heterocycles. The Bertz CT molecular complexity index is 316. The first-order valence-corrected chi connectivity index (χ1v) is 7.06. The van der Waals surface area contributed by atoms with Gasteiger partial charge in [-0.25, -0.2) is 0 Å². The van der Waals surface area contributed by atoms with E-state index in [-0.39, 0.29) is 5.38 Å². The zero-order valence-corrected chi connectivity index (χ0v) is 12.6. The van der Waals surface area contributed by atoms with Crippen LogP contribution in [0.1, 0.15) is 20.3 Å².